The predicted molar refractivity (Wildman–Crippen MR) is 108 cm³/mol. The van der Waals surface area contributed by atoms with Gasteiger partial charge in [0.1, 0.15) is 5.75 Å². The fourth-order valence-electron chi connectivity index (χ4n) is 2.91. The molecule has 0 radical (unpaired) electrons. The Labute approximate surface area is 160 Å². The number of nitrogens with zero attached hydrogens (tertiary/aromatic N) is 2. The second kappa shape index (κ2) is 10.7. The Morgan fingerprint density at radius 1 is 1.16 bits per heavy atom. The zero-order valence-corrected chi connectivity index (χ0v) is 16.5. The Morgan fingerprint density at radius 3 is 2.60 bits per heavy atom. The van der Waals surface area contributed by atoms with E-state index in [-0.39, 0.29) is 0 Å². The third-order valence-electron chi connectivity index (χ3n) is 4.26. The third-order valence-corrected chi connectivity index (χ3v) is 4.60. The maximum absolute atomic E-state index is 5.85. The van der Waals surface area contributed by atoms with E-state index in [0.717, 1.165) is 54.8 Å². The summed E-state index contributed by atoms with van der Waals surface area (Å²) < 4.78 is 5.34. The lowest BCUT2D eigenvalue weighted by Gasteiger charge is -2.22. The summed E-state index contributed by atoms with van der Waals surface area (Å²) in [7, 11) is 1.68. The summed E-state index contributed by atoms with van der Waals surface area (Å²) in [5.74, 6) is 2.14. The Hall–Kier alpha value is -1.23. The molecule has 4 nitrogen and oxygen atoms in total. The van der Waals surface area contributed by atoms with Crippen molar-refractivity contribution in [2.24, 2.45) is 0 Å². The molecule has 0 aliphatic rings. The molecule has 1 atom stereocenters. The predicted octanol–water partition coefficient (Wildman–Crippen LogP) is 4.60. The molecule has 1 heterocycles. The molecule has 0 aliphatic heterocycles. The molecule has 1 aromatic heterocycles. The lowest BCUT2D eigenvalue weighted by atomic mass is 10.1. The van der Waals surface area contributed by atoms with Crippen LogP contribution < -0.4 is 10.1 Å². The van der Waals surface area contributed by atoms with Crippen molar-refractivity contribution in [1.29, 1.82) is 0 Å². The van der Waals surface area contributed by atoms with Crippen LogP contribution in [0.4, 0.5) is 5.69 Å². The first kappa shape index (κ1) is 20.1. The molecule has 1 unspecified atom stereocenters. The van der Waals surface area contributed by atoms with Crippen LogP contribution in [0.1, 0.15) is 19.8 Å². The van der Waals surface area contributed by atoms with Gasteiger partial charge in [-0.25, -0.2) is 0 Å². The van der Waals surface area contributed by atoms with E-state index in [1.165, 1.54) is 0 Å². The molecule has 2 rings (SSSR count). The summed E-state index contributed by atoms with van der Waals surface area (Å²) in [6.45, 7) is 5.02. The number of hydrogen-bond acceptors (Lipinski definition) is 4. The molecule has 0 amide bonds. The number of ether oxygens (including phenoxy) is 1. The van der Waals surface area contributed by atoms with Crippen LogP contribution in [0.2, 0.25) is 0 Å². The molecule has 0 fully saturated rings. The van der Waals surface area contributed by atoms with Gasteiger partial charge >= 0.3 is 0 Å². The van der Waals surface area contributed by atoms with Gasteiger partial charge in [0.05, 0.1) is 12.6 Å². The molecule has 0 bridgehead atoms. The zero-order valence-electron chi connectivity index (χ0n) is 15.0. The number of halogens is 2. The SMILES string of the molecule is COc1ccc2nccc(NC(C)CCCN(CCCl)CCCl)c2c1. The number of hydrogen-bond donors (Lipinski definition) is 1. The van der Waals surface area contributed by atoms with Crippen LogP contribution in [0.3, 0.4) is 0 Å². The average Bonchev–Trinajstić information content (AvgIpc) is 2.62. The van der Waals surface area contributed by atoms with E-state index in [2.05, 4.69) is 22.1 Å². The fraction of sp³-hybridized carbons (Fsp3) is 0.526. The van der Waals surface area contributed by atoms with E-state index in [9.17, 15) is 0 Å². The molecule has 0 spiro atoms. The summed E-state index contributed by atoms with van der Waals surface area (Å²) in [6.07, 6.45) is 4.02. The topological polar surface area (TPSA) is 37.4 Å². The Bertz CT molecular complexity index is 648. The van der Waals surface area contributed by atoms with Gasteiger partial charge in [-0.2, -0.15) is 0 Å². The molecule has 25 heavy (non-hydrogen) atoms. The largest absolute Gasteiger partial charge is 0.497 e. The number of pyridine rings is 1. The van der Waals surface area contributed by atoms with Crippen LogP contribution in [0.5, 0.6) is 5.75 Å². The van der Waals surface area contributed by atoms with Crippen molar-refractivity contribution < 1.29 is 4.74 Å². The van der Waals surface area contributed by atoms with Crippen LogP contribution in [0.15, 0.2) is 30.5 Å². The van der Waals surface area contributed by atoms with Crippen molar-refractivity contribution in [3.63, 3.8) is 0 Å². The number of aromatic nitrogens is 1. The molecule has 0 saturated heterocycles. The second-order valence-corrected chi connectivity index (χ2v) is 6.90. The van der Waals surface area contributed by atoms with Crippen molar-refractivity contribution in [2.45, 2.75) is 25.8 Å². The van der Waals surface area contributed by atoms with Crippen LogP contribution in [0, 0.1) is 0 Å². The smallest absolute Gasteiger partial charge is 0.119 e. The van der Waals surface area contributed by atoms with Crippen molar-refractivity contribution in [3.8, 4) is 5.75 Å². The van der Waals surface area contributed by atoms with E-state index >= 15 is 0 Å². The molecule has 2 aromatic rings. The van der Waals surface area contributed by atoms with Crippen molar-refractivity contribution in [2.75, 3.05) is 43.8 Å². The fourth-order valence-corrected chi connectivity index (χ4v) is 3.39. The number of alkyl halides is 2. The molecule has 1 aromatic carbocycles. The Balaban J connectivity index is 1.94. The van der Waals surface area contributed by atoms with E-state index in [0.29, 0.717) is 17.8 Å². The van der Waals surface area contributed by atoms with Crippen LogP contribution in [0.25, 0.3) is 10.9 Å². The number of methoxy groups -OCH3 is 1. The lowest BCUT2D eigenvalue weighted by Crippen LogP contribution is -2.30. The second-order valence-electron chi connectivity index (χ2n) is 6.15. The number of anilines is 1. The van der Waals surface area contributed by atoms with E-state index in [4.69, 9.17) is 27.9 Å². The van der Waals surface area contributed by atoms with Gasteiger partial charge in [-0.1, -0.05) is 0 Å². The number of nitrogens with one attached hydrogen (secondary N) is 1. The highest BCUT2D eigenvalue weighted by Crippen LogP contribution is 2.26. The summed E-state index contributed by atoms with van der Waals surface area (Å²) >= 11 is 11.7. The lowest BCUT2D eigenvalue weighted by molar-refractivity contribution is 0.298. The van der Waals surface area contributed by atoms with Gasteiger partial charge in [0.25, 0.3) is 0 Å². The van der Waals surface area contributed by atoms with Gasteiger partial charge < -0.3 is 15.0 Å². The van der Waals surface area contributed by atoms with Gasteiger partial charge in [-0.3, -0.25) is 4.98 Å². The van der Waals surface area contributed by atoms with Gasteiger partial charge in [0.15, 0.2) is 0 Å². The van der Waals surface area contributed by atoms with Gasteiger partial charge in [-0.05, 0) is 50.6 Å². The summed E-state index contributed by atoms with van der Waals surface area (Å²) in [5.41, 5.74) is 2.06. The first-order valence-corrected chi connectivity index (χ1v) is 9.78. The minimum Gasteiger partial charge on any atom is -0.497 e. The van der Waals surface area contributed by atoms with Crippen LogP contribution >= 0.6 is 23.2 Å². The highest BCUT2D eigenvalue weighted by molar-refractivity contribution is 6.18. The third kappa shape index (κ3) is 6.21. The van der Waals surface area contributed by atoms with Crippen molar-refractivity contribution >= 4 is 39.8 Å². The molecule has 0 saturated carbocycles. The first-order chi connectivity index (χ1) is 12.2. The molecular formula is C19H27Cl2N3O. The van der Waals surface area contributed by atoms with Crippen molar-refractivity contribution in [3.05, 3.63) is 30.5 Å². The normalized spacial score (nSPS) is 12.5. The number of benzene rings is 1. The van der Waals surface area contributed by atoms with Crippen molar-refractivity contribution in [1.82, 2.24) is 9.88 Å². The minimum absolute atomic E-state index is 0.366. The highest BCUT2D eigenvalue weighted by Gasteiger charge is 2.09. The first-order valence-electron chi connectivity index (χ1n) is 8.71. The van der Waals surface area contributed by atoms with E-state index in [1.54, 1.807) is 7.11 Å². The quantitative estimate of drug-likeness (QED) is 0.575. The van der Waals surface area contributed by atoms with E-state index in [1.807, 2.05) is 30.5 Å². The maximum Gasteiger partial charge on any atom is 0.119 e. The summed E-state index contributed by atoms with van der Waals surface area (Å²) in [4.78, 5) is 6.74. The van der Waals surface area contributed by atoms with Crippen LogP contribution in [-0.2, 0) is 0 Å². The molecule has 138 valence electrons. The molecule has 0 aliphatic carbocycles. The Kier molecular flexibility index (Phi) is 8.59. The molecular weight excluding hydrogens is 357 g/mol. The molecule has 6 heteroatoms. The highest BCUT2D eigenvalue weighted by atomic mass is 35.5. The van der Waals surface area contributed by atoms with E-state index < -0.39 is 0 Å². The van der Waals surface area contributed by atoms with Gasteiger partial charge in [0, 0.05) is 48.2 Å². The minimum atomic E-state index is 0.366. The Morgan fingerprint density at radius 2 is 1.92 bits per heavy atom. The zero-order chi connectivity index (χ0) is 18.1. The monoisotopic (exact) mass is 383 g/mol. The summed E-state index contributed by atoms with van der Waals surface area (Å²) in [5, 5.41) is 4.69. The number of rotatable bonds is 11. The molecule has 1 N–H and O–H groups in total. The maximum atomic E-state index is 5.85. The summed E-state index contributed by atoms with van der Waals surface area (Å²) in [6, 6.07) is 8.34. The average molecular weight is 384 g/mol. The van der Waals surface area contributed by atoms with Gasteiger partial charge in [-0.15, -0.1) is 23.2 Å². The van der Waals surface area contributed by atoms with Gasteiger partial charge in [0.2, 0.25) is 0 Å². The number of fused-ring (bicyclic) bond motifs is 1. The van der Waals surface area contributed by atoms with Crippen LogP contribution in [-0.4, -0.2) is 54.4 Å². The standard InChI is InChI=1S/C19H27Cl2N3O/c1-15(4-3-11-24(12-8-20)13-9-21)23-19-7-10-22-18-6-5-16(25-2)14-17(18)19/h5-7,10,14-15H,3-4,8-9,11-13H2,1-2H3,(H,22,23).